The van der Waals surface area contributed by atoms with Crippen LogP contribution in [0, 0.1) is 13.8 Å². The molecule has 0 saturated carbocycles. The number of nitrogens with one attached hydrogen (secondary N) is 2. The van der Waals surface area contributed by atoms with E-state index in [0.29, 0.717) is 29.9 Å². The molecule has 4 heterocycles. The Morgan fingerprint density at radius 2 is 1.82 bits per heavy atom. The molecule has 232 valence electrons. The number of carbonyl (C=O) groups is 1. The maximum absolute atomic E-state index is 13.8. The smallest absolute Gasteiger partial charge is 0.285 e. The molecule has 0 fully saturated rings. The largest absolute Gasteiger partial charge is 0.377 e. The van der Waals surface area contributed by atoms with E-state index in [1.807, 2.05) is 72.8 Å². The molecular weight excluding hydrogens is 616 g/mol. The number of amides is 1. The zero-order chi connectivity index (χ0) is 32.2. The molecule has 14 heteroatoms. The summed E-state index contributed by atoms with van der Waals surface area (Å²) in [7, 11) is -2.12. The predicted octanol–water partition coefficient (Wildman–Crippen LogP) is 4.17. The Hall–Kier alpha value is -4.75. The van der Waals surface area contributed by atoms with Gasteiger partial charge in [-0.3, -0.25) is 14.2 Å². The maximum atomic E-state index is 13.8. The number of sulfonamides is 1. The Labute approximate surface area is 264 Å². The van der Waals surface area contributed by atoms with Gasteiger partial charge in [0.1, 0.15) is 5.15 Å². The van der Waals surface area contributed by atoms with Crippen LogP contribution in [0.1, 0.15) is 51.4 Å². The van der Waals surface area contributed by atoms with Gasteiger partial charge >= 0.3 is 0 Å². The van der Waals surface area contributed by atoms with Crippen LogP contribution in [0.5, 0.6) is 0 Å². The number of benzene rings is 2. The summed E-state index contributed by atoms with van der Waals surface area (Å²) in [5.41, 5.74) is 6.18. The van der Waals surface area contributed by atoms with Crippen molar-refractivity contribution in [3.8, 4) is 5.69 Å². The van der Waals surface area contributed by atoms with Crippen LogP contribution in [0.15, 0.2) is 59.5 Å². The Morgan fingerprint density at radius 1 is 1.07 bits per heavy atom. The molecule has 0 bridgehead atoms. The molecule has 2 aromatic carbocycles. The first kappa shape index (κ1) is 30.3. The molecule has 1 aliphatic rings. The van der Waals surface area contributed by atoms with Gasteiger partial charge in [0.2, 0.25) is 16.0 Å². The number of halogens is 1. The molecule has 0 aliphatic carbocycles. The van der Waals surface area contributed by atoms with E-state index in [0.717, 1.165) is 39.9 Å². The van der Waals surface area contributed by atoms with Gasteiger partial charge in [0.25, 0.3) is 11.5 Å². The maximum Gasteiger partial charge on any atom is 0.285 e. The number of hydrogen-bond donors (Lipinski definition) is 2. The van der Waals surface area contributed by atoms with Crippen LogP contribution >= 0.6 is 11.6 Å². The van der Waals surface area contributed by atoms with Gasteiger partial charge in [-0.2, -0.15) is 5.10 Å². The van der Waals surface area contributed by atoms with Gasteiger partial charge < -0.3 is 10.2 Å². The molecule has 0 saturated heterocycles. The van der Waals surface area contributed by atoms with Crippen LogP contribution in [0.2, 0.25) is 5.15 Å². The van der Waals surface area contributed by atoms with Gasteiger partial charge in [-0.05, 0) is 56.2 Å². The van der Waals surface area contributed by atoms with Crippen molar-refractivity contribution >= 4 is 50.1 Å². The van der Waals surface area contributed by atoms with Crippen LogP contribution in [0.25, 0.3) is 16.6 Å². The molecule has 0 spiro atoms. The number of rotatable bonds is 7. The lowest BCUT2D eigenvalue weighted by Crippen LogP contribution is -2.31. The fourth-order valence-electron chi connectivity index (χ4n) is 5.71. The normalized spacial score (nSPS) is 13.6. The van der Waals surface area contributed by atoms with Crippen LogP contribution in [0.4, 0.5) is 11.6 Å². The minimum atomic E-state index is -3.84. The zero-order valence-corrected chi connectivity index (χ0v) is 26.9. The van der Waals surface area contributed by atoms with Crippen LogP contribution < -0.4 is 20.5 Å². The lowest BCUT2D eigenvalue weighted by Gasteiger charge is -2.23. The first-order valence-corrected chi connectivity index (χ1v) is 16.4. The highest BCUT2D eigenvalue weighted by molar-refractivity contribution is 7.89. The minimum absolute atomic E-state index is 0.0276. The molecule has 1 aliphatic heterocycles. The van der Waals surface area contributed by atoms with E-state index in [1.54, 1.807) is 17.7 Å². The van der Waals surface area contributed by atoms with Gasteiger partial charge in [0.15, 0.2) is 5.69 Å². The Morgan fingerprint density at radius 3 is 2.56 bits per heavy atom. The predicted molar refractivity (Wildman–Crippen MR) is 174 cm³/mol. The van der Waals surface area contributed by atoms with E-state index in [4.69, 9.17) is 16.6 Å². The number of carbonyl (C=O) groups excluding carboxylic acids is 1. The van der Waals surface area contributed by atoms with Crippen LogP contribution in [-0.4, -0.2) is 44.9 Å². The highest BCUT2D eigenvalue weighted by Crippen LogP contribution is 2.32. The van der Waals surface area contributed by atoms with Crippen molar-refractivity contribution in [2.45, 2.75) is 39.9 Å². The van der Waals surface area contributed by atoms with Gasteiger partial charge in [-0.15, -0.1) is 0 Å². The molecule has 0 radical (unpaired) electrons. The second-order valence-corrected chi connectivity index (χ2v) is 13.4. The molecule has 45 heavy (non-hydrogen) atoms. The molecule has 3 aromatic heterocycles. The summed E-state index contributed by atoms with van der Waals surface area (Å²) in [6.45, 7) is 6.86. The van der Waals surface area contributed by atoms with Crippen molar-refractivity contribution < 1.29 is 13.2 Å². The fourth-order valence-corrected chi connectivity index (χ4v) is 6.29. The third-order valence-corrected chi connectivity index (χ3v) is 8.57. The van der Waals surface area contributed by atoms with Crippen molar-refractivity contribution in [2.24, 2.45) is 7.05 Å². The molecule has 6 rings (SSSR count). The number of fused-ring (bicyclic) bond motifs is 2. The third-order valence-electron chi connectivity index (χ3n) is 7.81. The van der Waals surface area contributed by atoms with E-state index in [2.05, 4.69) is 20.3 Å². The van der Waals surface area contributed by atoms with Crippen LogP contribution in [-0.2, 0) is 30.2 Å². The van der Waals surface area contributed by atoms with Crippen molar-refractivity contribution in [2.75, 3.05) is 16.5 Å². The highest BCUT2D eigenvalue weighted by atomic mass is 35.5. The summed E-state index contributed by atoms with van der Waals surface area (Å²) >= 11 is 6.05. The number of aromatic nitrogens is 5. The minimum Gasteiger partial charge on any atom is -0.377 e. The summed E-state index contributed by atoms with van der Waals surface area (Å²) < 4.78 is 28.9. The van der Waals surface area contributed by atoms with Gasteiger partial charge in [-0.1, -0.05) is 35.9 Å². The molecule has 1 amide bonds. The molecule has 1 atom stereocenters. The van der Waals surface area contributed by atoms with E-state index >= 15 is 0 Å². The standard InChI is InChI=1S/C31H31ClN8O4S/c1-17-12-21(19(3)34-23-10-11-26(32)35-28(23)29(41)37-45(5,43)44)27-22(13-17)30(42)38(4)31(36-27)39-15-20-14-33-40(25(20)16-39)24-9-7-6-8-18(24)2/h6-14,19,34H,15-16H2,1-5H3,(H,37,41)/t19-/m1/s1. The van der Waals surface area contributed by atoms with Gasteiger partial charge in [0.05, 0.1) is 53.0 Å². The topological polar surface area (TPSA) is 144 Å². The molecule has 2 N–H and O–H groups in total. The number of hydrogen-bond acceptors (Lipinski definition) is 9. The lowest BCUT2D eigenvalue weighted by atomic mass is 10.0. The molecule has 12 nitrogen and oxygen atoms in total. The number of aryl methyl sites for hydroxylation is 2. The SMILES string of the molecule is Cc1cc([C@@H](C)Nc2ccc(Cl)nc2C(=O)NS(C)(=O)=O)c2nc(N3Cc4cnn(-c5ccccc5C)c4C3)n(C)c(=O)c2c1. The third kappa shape index (κ3) is 5.76. The second kappa shape index (κ2) is 11.3. The summed E-state index contributed by atoms with van der Waals surface area (Å²) in [4.78, 5) is 37.7. The Balaban J connectivity index is 1.39. The van der Waals surface area contributed by atoms with E-state index in [9.17, 15) is 18.0 Å². The summed E-state index contributed by atoms with van der Waals surface area (Å²) in [6, 6.07) is 14.4. The van der Waals surface area contributed by atoms with Crippen molar-refractivity contribution in [1.29, 1.82) is 0 Å². The Kier molecular flexibility index (Phi) is 7.61. The Bertz CT molecular complexity index is 2180. The molecule has 5 aromatic rings. The van der Waals surface area contributed by atoms with Crippen LogP contribution in [0.3, 0.4) is 0 Å². The zero-order valence-electron chi connectivity index (χ0n) is 25.3. The summed E-state index contributed by atoms with van der Waals surface area (Å²) in [5.74, 6) is -0.408. The van der Waals surface area contributed by atoms with E-state index in [1.165, 1.54) is 6.07 Å². The average molecular weight is 647 g/mol. The molecule has 0 unspecified atom stereocenters. The van der Waals surface area contributed by atoms with E-state index in [-0.39, 0.29) is 22.1 Å². The number of anilines is 2. The van der Waals surface area contributed by atoms with Crippen molar-refractivity contribution in [3.05, 3.63) is 104 Å². The fraction of sp³-hybridized carbons (Fsp3) is 0.258. The average Bonchev–Trinajstić information content (AvgIpc) is 3.56. The van der Waals surface area contributed by atoms with Gasteiger partial charge in [0, 0.05) is 24.7 Å². The first-order chi connectivity index (χ1) is 21.3. The monoisotopic (exact) mass is 646 g/mol. The lowest BCUT2D eigenvalue weighted by molar-refractivity contribution is 0.0977. The quantitative estimate of drug-likeness (QED) is 0.249. The number of pyridine rings is 1. The first-order valence-electron chi connectivity index (χ1n) is 14.1. The highest BCUT2D eigenvalue weighted by Gasteiger charge is 2.29. The van der Waals surface area contributed by atoms with Crippen molar-refractivity contribution in [1.82, 2.24) is 29.0 Å². The van der Waals surface area contributed by atoms with Crippen molar-refractivity contribution in [3.63, 3.8) is 0 Å². The summed E-state index contributed by atoms with van der Waals surface area (Å²) in [5, 5.41) is 8.37. The second-order valence-electron chi connectivity index (χ2n) is 11.3. The number of nitrogens with zero attached hydrogens (tertiary/aromatic N) is 6. The number of para-hydroxylation sites is 1. The summed E-state index contributed by atoms with van der Waals surface area (Å²) in [6.07, 6.45) is 2.74. The molecular formula is C31H31ClN8O4S. The van der Waals surface area contributed by atoms with Gasteiger partial charge in [-0.25, -0.2) is 27.8 Å². The van der Waals surface area contributed by atoms with E-state index < -0.39 is 22.0 Å².